The van der Waals surface area contributed by atoms with Crippen molar-refractivity contribution in [2.45, 2.75) is 11.4 Å². The molecular formula is C18H20N2O7S. The number of nitrogens with zero attached hydrogens (tertiary/aromatic N) is 1. The summed E-state index contributed by atoms with van der Waals surface area (Å²) in [6.45, 7) is 1.37. The molecule has 28 heavy (non-hydrogen) atoms. The monoisotopic (exact) mass is 408 g/mol. The van der Waals surface area contributed by atoms with Crippen molar-refractivity contribution in [2.24, 2.45) is 0 Å². The lowest BCUT2D eigenvalue weighted by Gasteiger charge is -2.26. The molecule has 0 aliphatic carbocycles. The number of carbonyl (C=O) groups excluding carboxylic acids is 2. The van der Waals surface area contributed by atoms with Gasteiger partial charge >= 0.3 is 5.97 Å². The predicted molar refractivity (Wildman–Crippen MR) is 96.9 cm³/mol. The minimum Gasteiger partial charge on any atom is -0.468 e. The Bertz CT molecular complexity index is 919. The molecule has 1 saturated heterocycles. The molecule has 10 heteroatoms. The molecule has 1 N–H and O–H groups in total. The number of amides is 1. The van der Waals surface area contributed by atoms with Crippen LogP contribution in [0.2, 0.25) is 0 Å². The van der Waals surface area contributed by atoms with Gasteiger partial charge in [-0.15, -0.1) is 0 Å². The van der Waals surface area contributed by atoms with Crippen LogP contribution in [0.25, 0.3) is 0 Å². The van der Waals surface area contributed by atoms with Gasteiger partial charge in [0.25, 0.3) is 5.91 Å². The first-order valence-electron chi connectivity index (χ1n) is 8.60. The highest BCUT2D eigenvalue weighted by Gasteiger charge is 2.20. The zero-order valence-electron chi connectivity index (χ0n) is 15.0. The van der Waals surface area contributed by atoms with Crippen molar-refractivity contribution in [3.05, 3.63) is 54.0 Å². The zero-order valence-corrected chi connectivity index (χ0v) is 15.8. The summed E-state index contributed by atoms with van der Waals surface area (Å²) in [5.41, 5.74) is 0.0376. The third kappa shape index (κ3) is 5.18. The average molecular weight is 408 g/mol. The van der Waals surface area contributed by atoms with Crippen molar-refractivity contribution >= 4 is 21.9 Å². The average Bonchev–Trinajstić information content (AvgIpc) is 3.25. The van der Waals surface area contributed by atoms with E-state index in [1.54, 1.807) is 17.0 Å². The Hall–Kier alpha value is -2.69. The van der Waals surface area contributed by atoms with E-state index >= 15 is 0 Å². The number of furan rings is 1. The second-order valence-corrected chi connectivity index (χ2v) is 7.77. The quantitative estimate of drug-likeness (QED) is 0.673. The second-order valence-electron chi connectivity index (χ2n) is 6.00. The number of benzene rings is 1. The van der Waals surface area contributed by atoms with Gasteiger partial charge in [0.1, 0.15) is 5.76 Å². The maximum atomic E-state index is 12.4. The van der Waals surface area contributed by atoms with Crippen LogP contribution in [0.5, 0.6) is 0 Å². The fourth-order valence-electron chi connectivity index (χ4n) is 2.57. The molecule has 0 radical (unpaired) electrons. The molecule has 2 aromatic rings. The summed E-state index contributed by atoms with van der Waals surface area (Å²) in [7, 11) is -3.85. The molecule has 3 rings (SSSR count). The number of rotatable bonds is 7. The SMILES string of the molecule is O=C(OCC(=O)N1CCOCC1)c1cccc(S(=O)(=O)NCc2ccco2)c1. The molecule has 1 aromatic heterocycles. The van der Waals surface area contributed by atoms with E-state index in [1.807, 2.05) is 0 Å². The lowest BCUT2D eigenvalue weighted by atomic mass is 10.2. The minimum absolute atomic E-state index is 0.0158. The topological polar surface area (TPSA) is 115 Å². The minimum atomic E-state index is -3.85. The maximum absolute atomic E-state index is 12.4. The highest BCUT2D eigenvalue weighted by atomic mass is 32.2. The summed E-state index contributed by atoms with van der Waals surface area (Å²) in [6.07, 6.45) is 1.44. The molecule has 2 heterocycles. The van der Waals surface area contributed by atoms with E-state index in [2.05, 4.69) is 4.72 Å². The van der Waals surface area contributed by atoms with E-state index in [0.29, 0.717) is 32.1 Å². The first-order valence-corrected chi connectivity index (χ1v) is 10.1. The number of morpholine rings is 1. The van der Waals surface area contributed by atoms with Crippen LogP contribution >= 0.6 is 0 Å². The van der Waals surface area contributed by atoms with Gasteiger partial charge in [0, 0.05) is 13.1 Å². The largest absolute Gasteiger partial charge is 0.468 e. The summed E-state index contributed by atoms with van der Waals surface area (Å²) >= 11 is 0. The molecule has 0 bridgehead atoms. The van der Waals surface area contributed by atoms with Crippen LogP contribution in [0.15, 0.2) is 52.0 Å². The van der Waals surface area contributed by atoms with E-state index in [1.165, 1.54) is 30.5 Å². The lowest BCUT2D eigenvalue weighted by Crippen LogP contribution is -2.42. The summed E-state index contributed by atoms with van der Waals surface area (Å²) in [6, 6.07) is 8.71. The number of esters is 1. The molecule has 0 atom stereocenters. The van der Waals surface area contributed by atoms with Crippen LogP contribution in [0.4, 0.5) is 0 Å². The van der Waals surface area contributed by atoms with Gasteiger partial charge in [0.05, 0.1) is 36.5 Å². The molecule has 1 aliphatic heterocycles. The summed E-state index contributed by atoms with van der Waals surface area (Å²) in [5, 5.41) is 0. The van der Waals surface area contributed by atoms with E-state index in [4.69, 9.17) is 13.9 Å². The number of hydrogen-bond acceptors (Lipinski definition) is 7. The van der Waals surface area contributed by atoms with Crippen molar-refractivity contribution in [1.29, 1.82) is 0 Å². The first kappa shape index (κ1) is 20.1. The van der Waals surface area contributed by atoms with Gasteiger partial charge in [-0.3, -0.25) is 4.79 Å². The van der Waals surface area contributed by atoms with Crippen LogP contribution < -0.4 is 4.72 Å². The van der Waals surface area contributed by atoms with Crippen LogP contribution in [0, 0.1) is 0 Å². The van der Waals surface area contributed by atoms with E-state index in [9.17, 15) is 18.0 Å². The van der Waals surface area contributed by atoms with Gasteiger partial charge in [-0.1, -0.05) is 6.07 Å². The standard InChI is InChI=1S/C18H20N2O7S/c21-17(20-6-9-25-10-7-20)13-27-18(22)14-3-1-5-16(11-14)28(23,24)19-12-15-4-2-8-26-15/h1-5,8,11,19H,6-7,9-10,12-13H2. The number of nitrogens with one attached hydrogen (secondary N) is 1. The van der Waals surface area contributed by atoms with Crippen LogP contribution in [0.1, 0.15) is 16.1 Å². The first-order chi connectivity index (χ1) is 13.5. The Morgan fingerprint density at radius 3 is 2.64 bits per heavy atom. The van der Waals surface area contributed by atoms with Crippen molar-refractivity contribution in [3.8, 4) is 0 Å². The zero-order chi connectivity index (χ0) is 20.0. The molecule has 150 valence electrons. The van der Waals surface area contributed by atoms with Crippen LogP contribution in [-0.4, -0.2) is 58.1 Å². The van der Waals surface area contributed by atoms with Gasteiger partial charge in [-0.25, -0.2) is 17.9 Å². The molecular weight excluding hydrogens is 388 g/mol. The fourth-order valence-corrected chi connectivity index (χ4v) is 3.61. The van der Waals surface area contributed by atoms with Crippen molar-refractivity contribution < 1.29 is 31.9 Å². The maximum Gasteiger partial charge on any atom is 0.338 e. The Labute approximate surface area is 162 Å². The molecule has 1 fully saturated rings. The van der Waals surface area contributed by atoms with Gasteiger partial charge < -0.3 is 18.8 Å². The highest BCUT2D eigenvalue weighted by molar-refractivity contribution is 7.89. The Balaban J connectivity index is 1.59. The summed E-state index contributed by atoms with van der Waals surface area (Å²) < 4.78 is 42.5. The third-order valence-corrected chi connectivity index (χ3v) is 5.49. The number of carbonyl (C=O) groups is 2. The van der Waals surface area contributed by atoms with Crippen molar-refractivity contribution in [1.82, 2.24) is 9.62 Å². The number of hydrogen-bond donors (Lipinski definition) is 1. The van der Waals surface area contributed by atoms with Gasteiger partial charge in [-0.2, -0.15) is 0 Å². The van der Waals surface area contributed by atoms with Crippen LogP contribution in [0.3, 0.4) is 0 Å². The lowest BCUT2D eigenvalue weighted by molar-refractivity contribution is -0.138. The van der Waals surface area contributed by atoms with Gasteiger partial charge in [0.15, 0.2) is 6.61 Å². The molecule has 1 aliphatic rings. The summed E-state index contributed by atoms with van der Waals surface area (Å²) in [5.74, 6) is -0.633. The summed E-state index contributed by atoms with van der Waals surface area (Å²) in [4.78, 5) is 25.7. The predicted octanol–water partition coefficient (Wildman–Crippen LogP) is 0.774. The molecule has 0 spiro atoms. The number of ether oxygens (including phenoxy) is 2. The van der Waals surface area contributed by atoms with Gasteiger partial charge in [-0.05, 0) is 30.3 Å². The van der Waals surface area contributed by atoms with E-state index < -0.39 is 22.6 Å². The smallest absolute Gasteiger partial charge is 0.338 e. The Morgan fingerprint density at radius 1 is 1.14 bits per heavy atom. The van der Waals surface area contributed by atoms with Crippen molar-refractivity contribution in [2.75, 3.05) is 32.9 Å². The van der Waals surface area contributed by atoms with E-state index in [0.717, 1.165) is 0 Å². The molecule has 9 nitrogen and oxygen atoms in total. The van der Waals surface area contributed by atoms with E-state index in [-0.39, 0.29) is 22.9 Å². The van der Waals surface area contributed by atoms with Crippen molar-refractivity contribution in [3.63, 3.8) is 0 Å². The Kier molecular flexibility index (Phi) is 6.45. The number of sulfonamides is 1. The normalized spacial score (nSPS) is 14.6. The fraction of sp³-hybridized carbons (Fsp3) is 0.333. The molecule has 0 saturated carbocycles. The third-order valence-electron chi connectivity index (χ3n) is 4.09. The molecule has 1 amide bonds. The molecule has 1 aromatic carbocycles. The Morgan fingerprint density at radius 2 is 1.93 bits per heavy atom. The van der Waals surface area contributed by atoms with Crippen LogP contribution in [-0.2, 0) is 30.8 Å². The molecule has 0 unspecified atom stereocenters. The second kappa shape index (κ2) is 9.00. The highest BCUT2D eigenvalue weighted by Crippen LogP contribution is 2.13. The van der Waals surface area contributed by atoms with Gasteiger partial charge in [0.2, 0.25) is 10.0 Å².